The lowest BCUT2D eigenvalue weighted by atomic mass is 10.3. The van der Waals surface area contributed by atoms with Crippen LogP contribution in [0.5, 0.6) is 0 Å². The van der Waals surface area contributed by atoms with Crippen molar-refractivity contribution in [3.63, 3.8) is 0 Å². The van der Waals surface area contributed by atoms with E-state index in [0.29, 0.717) is 35.5 Å². The molecule has 0 saturated carbocycles. The third kappa shape index (κ3) is 4.27. The normalized spacial score (nSPS) is 14.8. The highest BCUT2D eigenvalue weighted by atomic mass is 32.2. The Morgan fingerprint density at radius 1 is 1.17 bits per heavy atom. The molecule has 0 bridgehead atoms. The van der Waals surface area contributed by atoms with Gasteiger partial charge in [-0.15, -0.1) is 10.2 Å². The van der Waals surface area contributed by atoms with Crippen molar-refractivity contribution in [2.45, 2.75) is 22.9 Å². The number of carbonyl (C=O) groups excluding carboxylic acids is 1. The molecule has 1 aromatic carbocycles. The molecule has 2 aromatic heterocycles. The van der Waals surface area contributed by atoms with Crippen LogP contribution in [-0.2, 0) is 21.9 Å². The predicted octanol–water partition coefficient (Wildman–Crippen LogP) is 2.59. The third-order valence-corrected chi connectivity index (χ3v) is 7.68. The molecule has 1 aliphatic heterocycles. The highest BCUT2D eigenvalue weighted by Gasteiger charge is 2.27. The van der Waals surface area contributed by atoms with Crippen molar-refractivity contribution in [3.05, 3.63) is 42.7 Å². The molecule has 1 fully saturated rings. The van der Waals surface area contributed by atoms with Gasteiger partial charge in [0.05, 0.1) is 16.9 Å². The molecule has 158 valence electrons. The van der Waals surface area contributed by atoms with Crippen LogP contribution in [0.15, 0.2) is 57.1 Å². The maximum atomic E-state index is 12.6. The number of hydrogen-bond acceptors (Lipinski definition) is 7. The Bertz CT molecular complexity index is 1120. The van der Waals surface area contributed by atoms with Crippen LogP contribution in [0.4, 0.5) is 5.69 Å². The number of thioether (sulfide) groups is 1. The van der Waals surface area contributed by atoms with Crippen LogP contribution >= 0.6 is 11.8 Å². The first-order valence-corrected chi connectivity index (χ1v) is 11.8. The Hall–Kier alpha value is -2.63. The maximum Gasteiger partial charge on any atom is 0.243 e. The molecule has 1 aliphatic rings. The molecule has 1 saturated heterocycles. The number of sulfonamides is 1. The van der Waals surface area contributed by atoms with Gasteiger partial charge in [0.1, 0.15) is 0 Å². The smallest absolute Gasteiger partial charge is 0.243 e. The minimum absolute atomic E-state index is 0.137. The fourth-order valence-corrected chi connectivity index (χ4v) is 5.40. The molecule has 30 heavy (non-hydrogen) atoms. The zero-order valence-electron chi connectivity index (χ0n) is 16.3. The van der Waals surface area contributed by atoms with Gasteiger partial charge < -0.3 is 14.3 Å². The average molecular weight is 448 g/mol. The Morgan fingerprint density at radius 3 is 2.57 bits per heavy atom. The largest absolute Gasteiger partial charge is 0.461 e. The van der Waals surface area contributed by atoms with E-state index in [1.807, 2.05) is 0 Å². The van der Waals surface area contributed by atoms with Crippen LogP contribution in [-0.4, -0.2) is 52.2 Å². The van der Waals surface area contributed by atoms with Crippen molar-refractivity contribution in [2.24, 2.45) is 7.05 Å². The Labute approximate surface area is 178 Å². The Morgan fingerprint density at radius 2 is 1.90 bits per heavy atom. The average Bonchev–Trinajstić information content (AvgIpc) is 3.49. The van der Waals surface area contributed by atoms with E-state index in [1.54, 1.807) is 42.1 Å². The lowest BCUT2D eigenvalue weighted by molar-refractivity contribution is -0.113. The first-order valence-electron chi connectivity index (χ1n) is 9.41. The third-order valence-electron chi connectivity index (χ3n) is 4.75. The summed E-state index contributed by atoms with van der Waals surface area (Å²) in [5.41, 5.74) is 0.537. The number of aromatic nitrogens is 3. The van der Waals surface area contributed by atoms with Gasteiger partial charge in [-0.2, -0.15) is 4.31 Å². The minimum atomic E-state index is -3.46. The number of hydrogen-bond donors (Lipinski definition) is 1. The molecule has 1 amide bonds. The van der Waals surface area contributed by atoms with Crippen LogP contribution in [0.3, 0.4) is 0 Å². The zero-order valence-corrected chi connectivity index (χ0v) is 17.9. The zero-order chi connectivity index (χ0) is 21.1. The molecule has 0 radical (unpaired) electrons. The van der Waals surface area contributed by atoms with Crippen molar-refractivity contribution in [3.8, 4) is 11.6 Å². The summed E-state index contributed by atoms with van der Waals surface area (Å²) in [4.78, 5) is 12.5. The standard InChI is InChI=1S/C19H21N5O4S2/c1-23-18(16-5-4-12-28-16)21-22-19(23)29-13-17(25)20-14-6-8-15(9-7-14)30(26,27)24-10-2-3-11-24/h4-9,12H,2-3,10-11,13H2,1H3,(H,20,25). The summed E-state index contributed by atoms with van der Waals surface area (Å²) in [5, 5.41) is 11.5. The van der Waals surface area contributed by atoms with Crippen LogP contribution in [0.25, 0.3) is 11.6 Å². The second-order valence-electron chi connectivity index (χ2n) is 6.81. The van der Waals surface area contributed by atoms with Crippen molar-refractivity contribution in [2.75, 3.05) is 24.2 Å². The van der Waals surface area contributed by atoms with Gasteiger partial charge in [-0.3, -0.25) is 4.79 Å². The molecule has 0 unspecified atom stereocenters. The fraction of sp³-hybridized carbons (Fsp3) is 0.316. The van der Waals surface area contributed by atoms with E-state index in [0.717, 1.165) is 12.8 Å². The number of amides is 1. The summed E-state index contributed by atoms with van der Waals surface area (Å²) >= 11 is 1.25. The highest BCUT2D eigenvalue weighted by Crippen LogP contribution is 2.24. The van der Waals surface area contributed by atoms with Gasteiger partial charge in [0, 0.05) is 25.8 Å². The summed E-state index contributed by atoms with van der Waals surface area (Å²) in [6.45, 7) is 1.11. The van der Waals surface area contributed by atoms with Crippen molar-refractivity contribution < 1.29 is 17.6 Å². The first kappa shape index (κ1) is 20.6. The molecule has 0 atom stereocenters. The monoisotopic (exact) mass is 447 g/mol. The van der Waals surface area contributed by atoms with Crippen LogP contribution in [0.1, 0.15) is 12.8 Å². The van der Waals surface area contributed by atoms with Gasteiger partial charge in [-0.25, -0.2) is 8.42 Å². The molecule has 0 aliphatic carbocycles. The SMILES string of the molecule is Cn1c(SCC(=O)Nc2ccc(S(=O)(=O)N3CCCC3)cc2)nnc1-c1ccco1. The molecule has 9 nitrogen and oxygen atoms in total. The summed E-state index contributed by atoms with van der Waals surface area (Å²) < 4.78 is 33.7. The van der Waals surface area contributed by atoms with E-state index in [-0.39, 0.29) is 16.6 Å². The van der Waals surface area contributed by atoms with E-state index in [2.05, 4.69) is 15.5 Å². The van der Waals surface area contributed by atoms with Gasteiger partial charge in [-0.1, -0.05) is 11.8 Å². The molecular weight excluding hydrogens is 426 g/mol. The number of rotatable bonds is 7. The lowest BCUT2D eigenvalue weighted by Gasteiger charge is -2.15. The summed E-state index contributed by atoms with van der Waals surface area (Å²) in [6, 6.07) is 9.81. The second kappa shape index (κ2) is 8.62. The van der Waals surface area contributed by atoms with Gasteiger partial charge in [0.25, 0.3) is 0 Å². The van der Waals surface area contributed by atoms with Gasteiger partial charge in [0.15, 0.2) is 16.7 Å². The van der Waals surface area contributed by atoms with Gasteiger partial charge >= 0.3 is 0 Å². The van der Waals surface area contributed by atoms with E-state index in [9.17, 15) is 13.2 Å². The van der Waals surface area contributed by atoms with Crippen molar-refractivity contribution in [1.82, 2.24) is 19.1 Å². The predicted molar refractivity (Wildman–Crippen MR) is 112 cm³/mol. The summed E-state index contributed by atoms with van der Waals surface area (Å²) in [5.74, 6) is 1.10. The molecule has 3 aromatic rings. The Kier molecular flexibility index (Phi) is 5.93. The number of benzene rings is 1. The van der Waals surface area contributed by atoms with Gasteiger partial charge in [0.2, 0.25) is 15.9 Å². The van der Waals surface area contributed by atoms with Crippen LogP contribution in [0.2, 0.25) is 0 Å². The molecule has 4 rings (SSSR count). The van der Waals surface area contributed by atoms with E-state index in [1.165, 1.54) is 28.2 Å². The maximum absolute atomic E-state index is 12.6. The minimum Gasteiger partial charge on any atom is -0.461 e. The first-order chi connectivity index (χ1) is 14.4. The van der Waals surface area contributed by atoms with Gasteiger partial charge in [-0.05, 0) is 49.2 Å². The summed E-state index contributed by atoms with van der Waals surface area (Å²) in [6.07, 6.45) is 3.34. The summed E-state index contributed by atoms with van der Waals surface area (Å²) in [7, 11) is -1.66. The van der Waals surface area contributed by atoms with E-state index >= 15 is 0 Å². The highest BCUT2D eigenvalue weighted by molar-refractivity contribution is 7.99. The van der Waals surface area contributed by atoms with Crippen molar-refractivity contribution >= 4 is 33.4 Å². The second-order valence-corrected chi connectivity index (χ2v) is 9.70. The van der Waals surface area contributed by atoms with E-state index in [4.69, 9.17) is 4.42 Å². The number of carbonyl (C=O) groups is 1. The molecule has 1 N–H and O–H groups in total. The topological polar surface area (TPSA) is 110 Å². The molecule has 0 spiro atoms. The fourth-order valence-electron chi connectivity index (χ4n) is 3.18. The molecule has 3 heterocycles. The molecule has 11 heteroatoms. The number of nitrogens with zero attached hydrogens (tertiary/aromatic N) is 4. The van der Waals surface area contributed by atoms with Crippen molar-refractivity contribution in [1.29, 1.82) is 0 Å². The lowest BCUT2D eigenvalue weighted by Crippen LogP contribution is -2.27. The van der Waals surface area contributed by atoms with Crippen LogP contribution in [0, 0.1) is 0 Å². The van der Waals surface area contributed by atoms with Crippen LogP contribution < -0.4 is 5.32 Å². The molecular formula is C19H21N5O4S2. The number of nitrogens with one attached hydrogen (secondary N) is 1. The van der Waals surface area contributed by atoms with E-state index < -0.39 is 10.0 Å². The quantitative estimate of drug-likeness (QED) is 0.554. The number of anilines is 1. The number of furan rings is 1. The Balaban J connectivity index is 1.34.